The van der Waals surface area contributed by atoms with E-state index in [-0.39, 0.29) is 32.9 Å². The van der Waals surface area contributed by atoms with Crippen LogP contribution in [0.25, 0.3) is 0 Å². The first-order valence-electron chi connectivity index (χ1n) is 7.39. The molecule has 0 fully saturated rings. The van der Waals surface area contributed by atoms with Crippen molar-refractivity contribution >= 4 is 15.7 Å². The number of hydrogen-bond donors (Lipinski definition) is 1. The van der Waals surface area contributed by atoms with Crippen LogP contribution in [-0.4, -0.2) is 35.7 Å². The van der Waals surface area contributed by atoms with E-state index >= 15 is 0 Å². The van der Waals surface area contributed by atoms with Crippen LogP contribution in [0.2, 0.25) is 0 Å². The quantitative estimate of drug-likeness (QED) is 0.871. The van der Waals surface area contributed by atoms with Gasteiger partial charge in [0, 0.05) is 12.1 Å². The van der Waals surface area contributed by atoms with E-state index in [1.807, 2.05) is 0 Å². The fourth-order valence-electron chi connectivity index (χ4n) is 2.77. The lowest BCUT2D eigenvalue weighted by molar-refractivity contribution is 0.0965. The van der Waals surface area contributed by atoms with Gasteiger partial charge in [-0.3, -0.25) is 4.79 Å². The minimum Gasteiger partial charge on any atom is -0.495 e. The number of carbonyl (C=O) groups excluding carboxylic acids is 1. The van der Waals surface area contributed by atoms with Crippen molar-refractivity contribution in [3.63, 3.8) is 0 Å². The van der Waals surface area contributed by atoms with Crippen molar-refractivity contribution in [3.05, 3.63) is 41.5 Å². The molecule has 0 aromatic heterocycles. The third-order valence-corrected chi connectivity index (χ3v) is 5.83. The number of sulfone groups is 1. The maximum atomic E-state index is 13.2. The van der Waals surface area contributed by atoms with E-state index in [0.29, 0.717) is 12.1 Å². The Morgan fingerprint density at radius 3 is 2.28 bits per heavy atom. The van der Waals surface area contributed by atoms with Gasteiger partial charge in [0.1, 0.15) is 5.75 Å². The topological polar surface area (TPSA) is 90.9 Å². The van der Waals surface area contributed by atoms with Crippen LogP contribution in [-0.2, 0) is 16.4 Å². The number of nitrogens with one attached hydrogen (secondary N) is 1. The monoisotopic (exact) mass is 363 g/mol. The van der Waals surface area contributed by atoms with Crippen LogP contribution < -0.4 is 19.5 Å². The summed E-state index contributed by atoms with van der Waals surface area (Å²) in [7, 11) is 0.130. The Hall–Kier alpha value is -2.74. The number of fused-ring (bicyclic) bond motifs is 1. The zero-order valence-corrected chi connectivity index (χ0v) is 14.8. The largest absolute Gasteiger partial charge is 0.495 e. The summed E-state index contributed by atoms with van der Waals surface area (Å²) in [6.07, 6.45) is 0. The maximum absolute atomic E-state index is 13.2. The van der Waals surface area contributed by atoms with E-state index in [0.717, 1.165) is 5.56 Å². The molecule has 0 radical (unpaired) electrons. The van der Waals surface area contributed by atoms with Gasteiger partial charge in [0.05, 0.1) is 26.2 Å². The van der Waals surface area contributed by atoms with Gasteiger partial charge in [-0.05, 0) is 29.8 Å². The highest BCUT2D eigenvalue weighted by molar-refractivity contribution is 7.91. The summed E-state index contributed by atoms with van der Waals surface area (Å²) in [5, 5.41) is 2.66. The number of amides is 1. The van der Waals surface area contributed by atoms with E-state index in [1.165, 1.54) is 39.5 Å². The smallest absolute Gasteiger partial charge is 0.251 e. The fourth-order valence-corrected chi connectivity index (χ4v) is 4.37. The predicted octanol–water partition coefficient (Wildman–Crippen LogP) is 1.79. The average Bonchev–Trinajstić information content (AvgIpc) is 3.00. The minimum absolute atomic E-state index is 0.0202. The van der Waals surface area contributed by atoms with Crippen molar-refractivity contribution < 1.29 is 27.4 Å². The van der Waals surface area contributed by atoms with Crippen LogP contribution in [0.4, 0.5) is 0 Å². The molecule has 1 heterocycles. The Kier molecular flexibility index (Phi) is 4.30. The third-order valence-electron chi connectivity index (χ3n) is 4.03. The summed E-state index contributed by atoms with van der Waals surface area (Å²) in [4.78, 5) is 11.7. The van der Waals surface area contributed by atoms with Crippen LogP contribution >= 0.6 is 0 Å². The molecule has 132 valence electrons. The Morgan fingerprint density at radius 2 is 1.64 bits per heavy atom. The molecule has 1 aliphatic rings. The molecule has 8 heteroatoms. The lowest BCUT2D eigenvalue weighted by Gasteiger charge is -2.16. The van der Waals surface area contributed by atoms with E-state index in [9.17, 15) is 13.2 Å². The SMILES string of the molecule is COc1ccc(OC)c(S(=O)(=O)c2ccc3c(c2)C(=O)NC3)c1OC. The molecule has 0 aliphatic carbocycles. The van der Waals surface area contributed by atoms with Gasteiger partial charge < -0.3 is 19.5 Å². The van der Waals surface area contributed by atoms with E-state index in [1.54, 1.807) is 12.1 Å². The Labute approximate surface area is 145 Å². The van der Waals surface area contributed by atoms with Gasteiger partial charge in [-0.25, -0.2) is 8.42 Å². The first-order valence-corrected chi connectivity index (χ1v) is 8.87. The van der Waals surface area contributed by atoms with Crippen molar-refractivity contribution in [1.29, 1.82) is 0 Å². The number of carbonyl (C=O) groups is 1. The molecule has 0 saturated heterocycles. The number of ether oxygens (including phenoxy) is 3. The van der Waals surface area contributed by atoms with Gasteiger partial charge in [-0.1, -0.05) is 6.07 Å². The number of methoxy groups -OCH3 is 3. The van der Waals surface area contributed by atoms with Gasteiger partial charge in [0.2, 0.25) is 9.84 Å². The molecule has 1 aliphatic heterocycles. The summed E-state index contributed by atoms with van der Waals surface area (Å²) >= 11 is 0. The fraction of sp³-hybridized carbons (Fsp3) is 0.235. The molecule has 0 saturated carbocycles. The molecule has 25 heavy (non-hydrogen) atoms. The Bertz CT molecular complexity index is 952. The highest BCUT2D eigenvalue weighted by Crippen LogP contribution is 2.43. The van der Waals surface area contributed by atoms with Crippen molar-refractivity contribution in [3.8, 4) is 17.2 Å². The molecule has 0 unspecified atom stereocenters. The first kappa shape index (κ1) is 17.1. The summed E-state index contributed by atoms with van der Waals surface area (Å²) < 4.78 is 42.1. The second kappa shape index (κ2) is 6.29. The van der Waals surface area contributed by atoms with E-state index < -0.39 is 9.84 Å². The standard InChI is InChI=1S/C17H17NO6S/c1-22-13-6-7-14(23-2)16(15(13)24-3)25(20,21)11-5-4-10-9-18-17(19)12(10)8-11/h4-8H,9H2,1-3H3,(H,18,19). The molecule has 7 nitrogen and oxygen atoms in total. The lowest BCUT2D eigenvalue weighted by Crippen LogP contribution is -2.13. The van der Waals surface area contributed by atoms with Crippen molar-refractivity contribution in [1.82, 2.24) is 5.32 Å². The normalized spacial score (nSPS) is 13.2. The summed E-state index contributed by atoms with van der Waals surface area (Å²) in [5.74, 6) is 0.145. The van der Waals surface area contributed by atoms with Crippen molar-refractivity contribution in [2.75, 3.05) is 21.3 Å². The van der Waals surface area contributed by atoms with Gasteiger partial charge in [0.25, 0.3) is 5.91 Å². The Morgan fingerprint density at radius 1 is 0.960 bits per heavy atom. The van der Waals surface area contributed by atoms with Crippen LogP contribution in [0.5, 0.6) is 17.2 Å². The second-order valence-electron chi connectivity index (χ2n) is 5.34. The van der Waals surface area contributed by atoms with Crippen LogP contribution in [0, 0.1) is 0 Å². The number of rotatable bonds is 5. The molecule has 2 aromatic rings. The van der Waals surface area contributed by atoms with Crippen molar-refractivity contribution in [2.45, 2.75) is 16.3 Å². The molecular weight excluding hydrogens is 346 g/mol. The van der Waals surface area contributed by atoms with Crippen LogP contribution in [0.3, 0.4) is 0 Å². The summed E-state index contributed by atoms with van der Waals surface area (Å²) in [6.45, 7) is 0.389. The average molecular weight is 363 g/mol. The second-order valence-corrected chi connectivity index (χ2v) is 7.22. The molecule has 2 aromatic carbocycles. The zero-order valence-electron chi connectivity index (χ0n) is 14.0. The predicted molar refractivity (Wildman–Crippen MR) is 89.2 cm³/mol. The zero-order chi connectivity index (χ0) is 18.2. The van der Waals surface area contributed by atoms with Crippen LogP contribution in [0.1, 0.15) is 15.9 Å². The highest BCUT2D eigenvalue weighted by Gasteiger charge is 2.31. The van der Waals surface area contributed by atoms with Crippen molar-refractivity contribution in [2.24, 2.45) is 0 Å². The first-order chi connectivity index (χ1) is 11.9. The van der Waals surface area contributed by atoms with E-state index in [4.69, 9.17) is 14.2 Å². The van der Waals surface area contributed by atoms with Crippen LogP contribution in [0.15, 0.2) is 40.1 Å². The van der Waals surface area contributed by atoms with Gasteiger partial charge in [-0.2, -0.15) is 0 Å². The Balaban J connectivity index is 2.25. The minimum atomic E-state index is -4.01. The molecule has 1 N–H and O–H groups in total. The summed E-state index contributed by atoms with van der Waals surface area (Å²) in [5.41, 5.74) is 1.11. The highest BCUT2D eigenvalue weighted by atomic mass is 32.2. The summed E-state index contributed by atoms with van der Waals surface area (Å²) in [6, 6.07) is 7.51. The van der Waals surface area contributed by atoms with Gasteiger partial charge in [-0.15, -0.1) is 0 Å². The van der Waals surface area contributed by atoms with E-state index in [2.05, 4.69) is 5.32 Å². The van der Waals surface area contributed by atoms with Gasteiger partial charge in [0.15, 0.2) is 16.4 Å². The number of benzene rings is 2. The third kappa shape index (κ3) is 2.68. The molecule has 1 amide bonds. The molecule has 3 rings (SSSR count). The molecule has 0 bridgehead atoms. The lowest BCUT2D eigenvalue weighted by atomic mass is 10.1. The maximum Gasteiger partial charge on any atom is 0.251 e. The molecule has 0 spiro atoms. The molecule has 0 atom stereocenters. The van der Waals surface area contributed by atoms with Gasteiger partial charge >= 0.3 is 0 Å². The number of hydrogen-bond acceptors (Lipinski definition) is 6. The molecular formula is C17H17NO6S.